The number of carbonyl (C=O) groups excluding carboxylic acids is 1. The number of nitrogens with zero attached hydrogens (tertiary/aromatic N) is 6. The molecule has 3 N–H and O–H groups in total. The molecule has 0 saturated carbocycles. The number of rotatable bonds is 2. The highest BCUT2D eigenvalue weighted by Gasteiger charge is 2.29. The predicted molar refractivity (Wildman–Crippen MR) is 101 cm³/mol. The number of hydrogen-bond acceptors (Lipinski definition) is 8. The van der Waals surface area contributed by atoms with Crippen molar-refractivity contribution in [3.63, 3.8) is 0 Å². The van der Waals surface area contributed by atoms with Crippen LogP contribution in [0.2, 0.25) is 0 Å². The van der Waals surface area contributed by atoms with E-state index in [2.05, 4.69) is 37.1 Å². The first-order valence-electron chi connectivity index (χ1n) is 8.21. The van der Waals surface area contributed by atoms with Gasteiger partial charge in [-0.25, -0.2) is 14.8 Å². The molecule has 26 heavy (non-hydrogen) atoms. The zero-order valence-corrected chi connectivity index (χ0v) is 15.0. The van der Waals surface area contributed by atoms with Crippen LogP contribution in [0.25, 0.3) is 10.3 Å². The van der Waals surface area contributed by atoms with Gasteiger partial charge in [0.1, 0.15) is 5.52 Å². The molecule has 0 spiro atoms. The summed E-state index contributed by atoms with van der Waals surface area (Å²) in [6.45, 7) is 3.85. The predicted octanol–water partition coefficient (Wildman–Crippen LogP) is 1.81. The van der Waals surface area contributed by atoms with E-state index in [-0.39, 0.29) is 18.0 Å². The van der Waals surface area contributed by atoms with E-state index in [4.69, 9.17) is 5.73 Å². The second kappa shape index (κ2) is 6.71. The quantitative estimate of drug-likeness (QED) is 0.707. The molecule has 4 heterocycles. The fourth-order valence-corrected chi connectivity index (χ4v) is 3.72. The van der Waals surface area contributed by atoms with Crippen LogP contribution in [0.15, 0.2) is 30.0 Å². The number of nitrogens with two attached hydrogens (primary N) is 1. The van der Waals surface area contributed by atoms with Crippen LogP contribution in [0.1, 0.15) is 6.92 Å². The van der Waals surface area contributed by atoms with Gasteiger partial charge in [0.25, 0.3) is 0 Å². The third-order valence-electron chi connectivity index (χ3n) is 4.30. The van der Waals surface area contributed by atoms with E-state index in [1.54, 1.807) is 28.9 Å². The zero-order valence-electron chi connectivity index (χ0n) is 14.2. The van der Waals surface area contributed by atoms with Crippen molar-refractivity contribution >= 4 is 45.2 Å². The molecule has 1 fully saturated rings. The van der Waals surface area contributed by atoms with Gasteiger partial charge < -0.3 is 20.9 Å². The third kappa shape index (κ3) is 3.10. The summed E-state index contributed by atoms with van der Waals surface area (Å²) < 4.78 is 0. The first-order chi connectivity index (χ1) is 12.6. The van der Waals surface area contributed by atoms with Crippen molar-refractivity contribution in [3.05, 3.63) is 30.0 Å². The van der Waals surface area contributed by atoms with Crippen molar-refractivity contribution in [3.8, 4) is 0 Å². The summed E-state index contributed by atoms with van der Waals surface area (Å²) in [5, 5.41) is 2.87. The van der Waals surface area contributed by atoms with E-state index in [1.165, 1.54) is 11.3 Å². The number of carbonyl (C=O) groups is 1. The van der Waals surface area contributed by atoms with Gasteiger partial charge in [-0.15, -0.1) is 11.3 Å². The lowest BCUT2D eigenvalue weighted by Crippen LogP contribution is -2.55. The second-order valence-electron chi connectivity index (χ2n) is 6.07. The minimum atomic E-state index is -0.134. The number of hydrogen-bond donors (Lipinski definition) is 2. The number of anilines is 3. The molecule has 3 aromatic rings. The van der Waals surface area contributed by atoms with Crippen LogP contribution in [0.3, 0.4) is 0 Å². The summed E-state index contributed by atoms with van der Waals surface area (Å²) in [5.74, 6) is 0.967. The molecule has 2 amide bonds. The number of nitrogen functional groups attached to an aromatic ring is 1. The van der Waals surface area contributed by atoms with Gasteiger partial charge in [-0.05, 0) is 19.1 Å². The van der Waals surface area contributed by atoms with Crippen molar-refractivity contribution in [2.45, 2.75) is 13.0 Å². The summed E-state index contributed by atoms with van der Waals surface area (Å²) in [7, 11) is 0. The molecule has 0 bridgehead atoms. The molecule has 9 nitrogen and oxygen atoms in total. The Kier molecular flexibility index (Phi) is 4.25. The minimum Gasteiger partial charge on any atom is -0.368 e. The number of urea groups is 1. The van der Waals surface area contributed by atoms with Gasteiger partial charge in [-0.3, -0.25) is 4.98 Å². The van der Waals surface area contributed by atoms with Crippen LogP contribution in [0.4, 0.5) is 22.2 Å². The first kappa shape index (κ1) is 16.5. The van der Waals surface area contributed by atoms with Gasteiger partial charge in [0.15, 0.2) is 10.6 Å². The molecule has 1 saturated heterocycles. The summed E-state index contributed by atoms with van der Waals surface area (Å²) >= 11 is 1.44. The van der Waals surface area contributed by atoms with E-state index in [0.29, 0.717) is 25.3 Å². The molecule has 1 aliphatic rings. The molecule has 10 heteroatoms. The van der Waals surface area contributed by atoms with Crippen molar-refractivity contribution in [1.29, 1.82) is 0 Å². The van der Waals surface area contributed by atoms with Crippen molar-refractivity contribution in [1.82, 2.24) is 24.8 Å². The molecular weight excluding hydrogens is 352 g/mol. The molecule has 0 radical (unpaired) electrons. The van der Waals surface area contributed by atoms with Crippen molar-refractivity contribution in [2.24, 2.45) is 0 Å². The van der Waals surface area contributed by atoms with E-state index < -0.39 is 0 Å². The van der Waals surface area contributed by atoms with Gasteiger partial charge >= 0.3 is 6.03 Å². The van der Waals surface area contributed by atoms with Gasteiger partial charge in [0.05, 0.1) is 17.4 Å². The van der Waals surface area contributed by atoms with E-state index in [9.17, 15) is 4.79 Å². The topological polar surface area (TPSA) is 113 Å². The molecule has 1 atom stereocenters. The lowest BCUT2D eigenvalue weighted by molar-refractivity contribution is 0.200. The van der Waals surface area contributed by atoms with Gasteiger partial charge in [-0.1, -0.05) is 0 Å². The summed E-state index contributed by atoms with van der Waals surface area (Å²) in [6.07, 6.45) is 3.29. The molecule has 0 aromatic carbocycles. The SMILES string of the molecule is C[C@H]1CN(C(=O)Nc2cccnc2)CCN1c1nc(N)nc2scnc12. The van der Waals surface area contributed by atoms with Crippen molar-refractivity contribution < 1.29 is 4.79 Å². The maximum absolute atomic E-state index is 12.5. The third-order valence-corrected chi connectivity index (χ3v) is 5.02. The number of piperazine rings is 1. The lowest BCUT2D eigenvalue weighted by atomic mass is 10.2. The molecule has 0 unspecified atom stereocenters. The van der Waals surface area contributed by atoms with Gasteiger partial charge in [-0.2, -0.15) is 4.98 Å². The first-order valence-corrected chi connectivity index (χ1v) is 9.09. The Bertz CT molecular complexity index is 930. The summed E-state index contributed by atoms with van der Waals surface area (Å²) in [5.41, 5.74) is 9.02. The standard InChI is InChI=1S/C16H18N8OS/c1-10-8-23(16(25)20-11-3-2-4-18-7-11)5-6-24(10)13-12-14(26-9-19-12)22-15(17)21-13/h2-4,7,9-10H,5-6,8H2,1H3,(H,20,25)(H2,17,21,22)/t10-/m0/s1. The van der Waals surface area contributed by atoms with E-state index in [0.717, 1.165) is 16.2 Å². The Morgan fingerprint density at radius 1 is 1.38 bits per heavy atom. The maximum Gasteiger partial charge on any atom is 0.322 e. The fourth-order valence-electron chi connectivity index (χ4n) is 3.06. The fraction of sp³-hybridized carbons (Fsp3) is 0.312. The number of pyridine rings is 1. The highest BCUT2D eigenvalue weighted by molar-refractivity contribution is 7.16. The molecule has 1 aliphatic heterocycles. The molecule has 0 aliphatic carbocycles. The molecule has 3 aromatic heterocycles. The van der Waals surface area contributed by atoms with Crippen LogP contribution >= 0.6 is 11.3 Å². The summed E-state index contributed by atoms with van der Waals surface area (Å²) in [4.78, 5) is 34.2. The summed E-state index contributed by atoms with van der Waals surface area (Å²) in [6, 6.07) is 3.54. The van der Waals surface area contributed by atoms with Gasteiger partial charge in [0, 0.05) is 31.9 Å². The van der Waals surface area contributed by atoms with E-state index >= 15 is 0 Å². The van der Waals surface area contributed by atoms with Gasteiger partial charge in [0.2, 0.25) is 5.95 Å². The Morgan fingerprint density at radius 3 is 3.04 bits per heavy atom. The highest BCUT2D eigenvalue weighted by Crippen LogP contribution is 2.28. The monoisotopic (exact) mass is 370 g/mol. The maximum atomic E-state index is 12.5. The average Bonchev–Trinajstić information content (AvgIpc) is 3.10. The molecular formula is C16H18N8OS. The Morgan fingerprint density at radius 2 is 2.27 bits per heavy atom. The number of amides is 2. The minimum absolute atomic E-state index is 0.0719. The number of thiazole rings is 1. The zero-order chi connectivity index (χ0) is 18.1. The molecule has 134 valence electrons. The van der Waals surface area contributed by atoms with E-state index in [1.807, 2.05) is 6.07 Å². The average molecular weight is 370 g/mol. The Balaban J connectivity index is 1.50. The number of nitrogens with one attached hydrogen (secondary N) is 1. The lowest BCUT2D eigenvalue weighted by Gasteiger charge is -2.40. The molecule has 4 rings (SSSR count). The largest absolute Gasteiger partial charge is 0.368 e. The van der Waals surface area contributed by atoms with Crippen LogP contribution in [-0.2, 0) is 0 Å². The number of fused-ring (bicyclic) bond motifs is 1. The van der Waals surface area contributed by atoms with Crippen LogP contribution in [0, 0.1) is 0 Å². The smallest absolute Gasteiger partial charge is 0.322 e. The van der Waals surface area contributed by atoms with Crippen LogP contribution in [0.5, 0.6) is 0 Å². The normalized spacial score (nSPS) is 17.5. The Hall–Kier alpha value is -3.01. The Labute approximate surface area is 153 Å². The number of aromatic nitrogens is 4. The van der Waals surface area contributed by atoms with Crippen molar-refractivity contribution in [2.75, 3.05) is 35.6 Å². The highest BCUT2D eigenvalue weighted by atomic mass is 32.1. The second-order valence-corrected chi connectivity index (χ2v) is 6.91. The van der Waals surface area contributed by atoms with Crippen LogP contribution in [-0.4, -0.2) is 56.5 Å². The van der Waals surface area contributed by atoms with Crippen LogP contribution < -0.4 is 16.0 Å².